The summed E-state index contributed by atoms with van der Waals surface area (Å²) in [4.78, 5) is 12.7. The van der Waals surface area contributed by atoms with Crippen molar-refractivity contribution >= 4 is 11.7 Å². The Kier molecular flexibility index (Phi) is 5.16. The van der Waals surface area contributed by atoms with E-state index in [-0.39, 0.29) is 0 Å². The van der Waals surface area contributed by atoms with Crippen molar-refractivity contribution in [1.82, 2.24) is 0 Å². The van der Waals surface area contributed by atoms with Crippen LogP contribution in [-0.2, 0) is 11.2 Å². The molecule has 0 bridgehead atoms. The standard InChI is InChI=1S/C16H23NO2/c1-11(8-16(18)19)6-7-15-12(2)9-14(17(4)5)10-13(15)3/h8-10H,6-7H2,1-5H3,(H,18,19)/b11-8+. The summed E-state index contributed by atoms with van der Waals surface area (Å²) in [5.74, 6) is -0.867. The van der Waals surface area contributed by atoms with Crippen LogP contribution < -0.4 is 4.90 Å². The van der Waals surface area contributed by atoms with Gasteiger partial charge in [0.25, 0.3) is 0 Å². The molecule has 1 rings (SSSR count). The van der Waals surface area contributed by atoms with Crippen molar-refractivity contribution in [2.24, 2.45) is 0 Å². The van der Waals surface area contributed by atoms with Gasteiger partial charge in [-0.2, -0.15) is 0 Å². The zero-order chi connectivity index (χ0) is 14.6. The smallest absolute Gasteiger partial charge is 0.328 e. The SMILES string of the molecule is C/C(=C\C(=O)O)CCc1c(C)cc(N(C)C)cc1C. The second-order valence-corrected chi connectivity index (χ2v) is 5.28. The summed E-state index contributed by atoms with van der Waals surface area (Å²) >= 11 is 0. The molecule has 0 aliphatic heterocycles. The van der Waals surface area contributed by atoms with Gasteiger partial charge in [0.15, 0.2) is 0 Å². The van der Waals surface area contributed by atoms with E-state index in [2.05, 4.69) is 30.9 Å². The van der Waals surface area contributed by atoms with Crippen molar-refractivity contribution in [3.05, 3.63) is 40.5 Å². The fourth-order valence-electron chi connectivity index (χ4n) is 2.23. The van der Waals surface area contributed by atoms with E-state index in [4.69, 9.17) is 5.11 Å². The number of rotatable bonds is 5. The molecule has 0 aromatic heterocycles. The first-order valence-electron chi connectivity index (χ1n) is 6.48. The van der Waals surface area contributed by atoms with E-state index < -0.39 is 5.97 Å². The number of anilines is 1. The Morgan fingerprint density at radius 1 is 1.26 bits per heavy atom. The highest BCUT2D eigenvalue weighted by Gasteiger charge is 2.07. The van der Waals surface area contributed by atoms with E-state index in [1.807, 2.05) is 21.0 Å². The molecule has 0 spiro atoms. The van der Waals surface area contributed by atoms with Crippen LogP contribution >= 0.6 is 0 Å². The van der Waals surface area contributed by atoms with Crippen LogP contribution in [0.5, 0.6) is 0 Å². The summed E-state index contributed by atoms with van der Waals surface area (Å²) in [7, 11) is 4.07. The van der Waals surface area contributed by atoms with Crippen LogP contribution in [0, 0.1) is 13.8 Å². The van der Waals surface area contributed by atoms with Gasteiger partial charge in [-0.15, -0.1) is 0 Å². The molecule has 1 aromatic rings. The molecular formula is C16H23NO2. The summed E-state index contributed by atoms with van der Waals surface area (Å²) in [6.45, 7) is 6.10. The Hall–Kier alpha value is -1.77. The second kappa shape index (κ2) is 6.41. The van der Waals surface area contributed by atoms with Gasteiger partial charge in [0, 0.05) is 25.9 Å². The molecule has 0 aliphatic carbocycles. The number of allylic oxidation sites excluding steroid dienone is 1. The fourth-order valence-corrected chi connectivity index (χ4v) is 2.23. The predicted octanol–water partition coefficient (Wildman–Crippen LogP) is 3.33. The number of carbonyl (C=O) groups is 1. The van der Waals surface area contributed by atoms with Crippen LogP contribution in [-0.4, -0.2) is 25.2 Å². The van der Waals surface area contributed by atoms with E-state index in [0.717, 1.165) is 18.4 Å². The lowest BCUT2D eigenvalue weighted by atomic mass is 9.95. The van der Waals surface area contributed by atoms with E-state index in [1.165, 1.54) is 28.5 Å². The average molecular weight is 261 g/mol. The number of benzene rings is 1. The maximum atomic E-state index is 10.6. The molecule has 0 unspecified atom stereocenters. The number of hydrogen-bond donors (Lipinski definition) is 1. The fraction of sp³-hybridized carbons (Fsp3) is 0.438. The number of aryl methyl sites for hydroxylation is 2. The molecule has 3 heteroatoms. The van der Waals surface area contributed by atoms with E-state index in [9.17, 15) is 4.79 Å². The van der Waals surface area contributed by atoms with Crippen LogP contribution in [0.3, 0.4) is 0 Å². The molecule has 0 radical (unpaired) electrons. The minimum Gasteiger partial charge on any atom is -0.478 e. The number of carboxylic acid groups (broad SMARTS) is 1. The molecule has 0 saturated heterocycles. The van der Waals surface area contributed by atoms with Gasteiger partial charge in [-0.05, 0) is 62.4 Å². The summed E-state index contributed by atoms with van der Waals surface area (Å²) in [5, 5.41) is 8.71. The van der Waals surface area contributed by atoms with Crippen molar-refractivity contribution < 1.29 is 9.90 Å². The minimum atomic E-state index is -0.867. The van der Waals surface area contributed by atoms with Crippen molar-refractivity contribution in [2.45, 2.75) is 33.6 Å². The van der Waals surface area contributed by atoms with Crippen LogP contribution in [0.2, 0.25) is 0 Å². The minimum absolute atomic E-state index is 0.787. The molecule has 0 fully saturated rings. The maximum Gasteiger partial charge on any atom is 0.328 e. The summed E-state index contributed by atoms with van der Waals surface area (Å²) in [6.07, 6.45) is 2.97. The molecule has 0 amide bonds. The van der Waals surface area contributed by atoms with Crippen LogP contribution in [0.1, 0.15) is 30.0 Å². The third-order valence-corrected chi connectivity index (χ3v) is 3.34. The molecule has 1 N–H and O–H groups in total. The van der Waals surface area contributed by atoms with Gasteiger partial charge in [0.2, 0.25) is 0 Å². The Morgan fingerprint density at radius 2 is 1.79 bits per heavy atom. The Morgan fingerprint density at radius 3 is 2.21 bits per heavy atom. The molecule has 3 nitrogen and oxygen atoms in total. The molecule has 0 atom stereocenters. The highest BCUT2D eigenvalue weighted by atomic mass is 16.4. The monoisotopic (exact) mass is 261 g/mol. The van der Waals surface area contributed by atoms with Gasteiger partial charge in [0.1, 0.15) is 0 Å². The number of aliphatic carboxylic acids is 1. The van der Waals surface area contributed by atoms with Gasteiger partial charge >= 0.3 is 5.97 Å². The lowest BCUT2D eigenvalue weighted by molar-refractivity contribution is -0.131. The molecule has 0 heterocycles. The van der Waals surface area contributed by atoms with Gasteiger partial charge in [-0.25, -0.2) is 4.79 Å². The van der Waals surface area contributed by atoms with Crippen LogP contribution in [0.15, 0.2) is 23.8 Å². The highest BCUT2D eigenvalue weighted by molar-refractivity contribution is 5.80. The van der Waals surface area contributed by atoms with E-state index in [0.29, 0.717) is 0 Å². The molecular weight excluding hydrogens is 238 g/mol. The average Bonchev–Trinajstić information content (AvgIpc) is 2.26. The van der Waals surface area contributed by atoms with E-state index in [1.54, 1.807) is 0 Å². The summed E-state index contributed by atoms with van der Waals surface area (Å²) in [6, 6.07) is 4.36. The Balaban J connectivity index is 2.88. The molecule has 19 heavy (non-hydrogen) atoms. The maximum absolute atomic E-state index is 10.6. The second-order valence-electron chi connectivity index (χ2n) is 5.28. The summed E-state index contributed by atoms with van der Waals surface area (Å²) in [5.41, 5.74) is 5.97. The number of carboxylic acids is 1. The lowest BCUT2D eigenvalue weighted by Gasteiger charge is -2.18. The van der Waals surface area contributed by atoms with Crippen LogP contribution in [0.25, 0.3) is 0 Å². The quantitative estimate of drug-likeness (QED) is 0.826. The lowest BCUT2D eigenvalue weighted by Crippen LogP contribution is -2.10. The van der Waals surface area contributed by atoms with Crippen molar-refractivity contribution in [2.75, 3.05) is 19.0 Å². The number of hydrogen-bond acceptors (Lipinski definition) is 2. The van der Waals surface area contributed by atoms with Gasteiger partial charge in [-0.3, -0.25) is 0 Å². The zero-order valence-electron chi connectivity index (χ0n) is 12.4. The largest absolute Gasteiger partial charge is 0.478 e. The topological polar surface area (TPSA) is 40.5 Å². The zero-order valence-corrected chi connectivity index (χ0v) is 12.4. The summed E-state index contributed by atoms with van der Waals surface area (Å²) < 4.78 is 0. The third kappa shape index (κ3) is 4.43. The predicted molar refractivity (Wildman–Crippen MR) is 80.0 cm³/mol. The Labute approximate surface area is 115 Å². The van der Waals surface area contributed by atoms with Gasteiger partial charge < -0.3 is 10.0 Å². The van der Waals surface area contributed by atoms with Crippen LogP contribution in [0.4, 0.5) is 5.69 Å². The van der Waals surface area contributed by atoms with Crippen molar-refractivity contribution in [3.8, 4) is 0 Å². The van der Waals surface area contributed by atoms with Gasteiger partial charge in [0.05, 0.1) is 0 Å². The van der Waals surface area contributed by atoms with Crippen molar-refractivity contribution in [3.63, 3.8) is 0 Å². The number of nitrogens with zero attached hydrogens (tertiary/aromatic N) is 1. The first-order chi connectivity index (χ1) is 8.81. The van der Waals surface area contributed by atoms with E-state index >= 15 is 0 Å². The first-order valence-corrected chi connectivity index (χ1v) is 6.48. The van der Waals surface area contributed by atoms with Gasteiger partial charge in [-0.1, -0.05) is 5.57 Å². The Bertz CT molecular complexity index is 478. The molecule has 1 aromatic carbocycles. The molecule has 0 saturated carbocycles. The molecule has 104 valence electrons. The first kappa shape index (κ1) is 15.3. The third-order valence-electron chi connectivity index (χ3n) is 3.34. The normalized spacial score (nSPS) is 11.5. The highest BCUT2D eigenvalue weighted by Crippen LogP contribution is 2.23. The van der Waals surface area contributed by atoms with Crippen molar-refractivity contribution in [1.29, 1.82) is 0 Å². The molecule has 0 aliphatic rings.